The maximum atomic E-state index is 12.0. The van der Waals surface area contributed by atoms with Gasteiger partial charge in [-0.1, -0.05) is 36.7 Å². The number of aliphatic hydroxyl groups is 1. The maximum Gasteiger partial charge on any atom is 0.252 e. The molecule has 1 amide bonds. The molecular formula is C20H24ClN3O2. The number of nitrogens with zero attached hydrogens (tertiary/aromatic N) is 2. The molecule has 6 heteroatoms. The number of aromatic nitrogens is 1. The van der Waals surface area contributed by atoms with Crippen molar-refractivity contribution in [2.75, 3.05) is 24.5 Å². The van der Waals surface area contributed by atoms with Crippen LogP contribution in [-0.4, -0.2) is 35.6 Å². The lowest BCUT2D eigenvalue weighted by molar-refractivity contribution is 0.0117. The molecule has 0 aliphatic carbocycles. The average Bonchev–Trinajstić information content (AvgIpc) is 2.67. The number of carbonyl (C=O) groups excluding carboxylic acids is 1. The summed E-state index contributed by atoms with van der Waals surface area (Å²) in [6.45, 7) is 4.03. The first kappa shape index (κ1) is 18.7. The first-order valence-corrected chi connectivity index (χ1v) is 9.38. The van der Waals surface area contributed by atoms with Crippen molar-refractivity contribution >= 4 is 23.3 Å². The number of hydrogen-bond donors (Lipinski definition) is 2. The lowest BCUT2D eigenvalue weighted by Crippen LogP contribution is -2.43. The molecule has 0 spiro atoms. The highest BCUT2D eigenvalue weighted by Gasteiger charge is 2.35. The molecule has 3 rings (SSSR count). The minimum atomic E-state index is -0.908. The smallest absolute Gasteiger partial charge is 0.252 e. The van der Waals surface area contributed by atoms with Gasteiger partial charge in [-0.2, -0.15) is 0 Å². The number of carbonyl (C=O) groups is 1. The Balaban J connectivity index is 1.65. The van der Waals surface area contributed by atoms with E-state index in [0.717, 1.165) is 17.8 Å². The zero-order valence-electron chi connectivity index (χ0n) is 14.9. The van der Waals surface area contributed by atoms with Gasteiger partial charge in [0.1, 0.15) is 5.82 Å². The van der Waals surface area contributed by atoms with Crippen LogP contribution in [0.15, 0.2) is 42.6 Å². The first-order chi connectivity index (χ1) is 12.5. The van der Waals surface area contributed by atoms with Gasteiger partial charge in [-0.25, -0.2) is 4.98 Å². The number of anilines is 1. The molecule has 1 aromatic heterocycles. The Bertz CT molecular complexity index is 756. The predicted molar refractivity (Wildman–Crippen MR) is 104 cm³/mol. The van der Waals surface area contributed by atoms with Gasteiger partial charge in [-0.3, -0.25) is 4.79 Å². The van der Waals surface area contributed by atoms with E-state index in [4.69, 9.17) is 11.6 Å². The molecule has 0 atom stereocenters. The molecule has 2 heterocycles. The summed E-state index contributed by atoms with van der Waals surface area (Å²) in [5.41, 5.74) is 0.443. The third kappa shape index (κ3) is 4.00. The molecule has 26 heavy (non-hydrogen) atoms. The molecule has 0 saturated carbocycles. The first-order valence-electron chi connectivity index (χ1n) is 9.00. The van der Waals surface area contributed by atoms with E-state index < -0.39 is 5.60 Å². The van der Waals surface area contributed by atoms with Gasteiger partial charge in [-0.15, -0.1) is 0 Å². The molecule has 1 aliphatic rings. The highest BCUT2D eigenvalue weighted by Crippen LogP contribution is 2.37. The van der Waals surface area contributed by atoms with Crippen LogP contribution in [-0.2, 0) is 5.60 Å². The van der Waals surface area contributed by atoms with Crippen LogP contribution >= 0.6 is 11.6 Å². The average molecular weight is 374 g/mol. The summed E-state index contributed by atoms with van der Waals surface area (Å²) in [7, 11) is 0. The number of pyridine rings is 1. The lowest BCUT2D eigenvalue weighted by atomic mass is 9.84. The molecule has 0 bridgehead atoms. The van der Waals surface area contributed by atoms with Gasteiger partial charge >= 0.3 is 0 Å². The molecule has 5 nitrogen and oxygen atoms in total. The van der Waals surface area contributed by atoms with Crippen LogP contribution in [0.3, 0.4) is 0 Å². The van der Waals surface area contributed by atoms with Crippen molar-refractivity contribution in [2.24, 2.45) is 0 Å². The van der Waals surface area contributed by atoms with E-state index in [1.165, 1.54) is 0 Å². The Morgan fingerprint density at radius 2 is 2.00 bits per heavy atom. The van der Waals surface area contributed by atoms with Crippen molar-refractivity contribution in [3.8, 4) is 0 Å². The summed E-state index contributed by atoms with van der Waals surface area (Å²) in [6, 6.07) is 11.1. The van der Waals surface area contributed by atoms with Crippen LogP contribution in [0.2, 0.25) is 5.02 Å². The number of amides is 1. The third-order valence-electron chi connectivity index (χ3n) is 4.84. The Hall–Kier alpha value is -2.11. The maximum absolute atomic E-state index is 12.0. The number of rotatable bonds is 5. The van der Waals surface area contributed by atoms with Crippen molar-refractivity contribution in [3.63, 3.8) is 0 Å². The number of hydrogen-bond acceptors (Lipinski definition) is 4. The van der Waals surface area contributed by atoms with E-state index >= 15 is 0 Å². The molecule has 138 valence electrons. The molecule has 0 unspecified atom stereocenters. The summed E-state index contributed by atoms with van der Waals surface area (Å²) >= 11 is 6.26. The number of benzene rings is 1. The van der Waals surface area contributed by atoms with E-state index in [1.807, 2.05) is 37.3 Å². The molecule has 2 N–H and O–H groups in total. The fourth-order valence-corrected chi connectivity index (χ4v) is 3.57. The summed E-state index contributed by atoms with van der Waals surface area (Å²) in [6.07, 6.45) is 3.67. The highest BCUT2D eigenvalue weighted by molar-refractivity contribution is 6.31. The van der Waals surface area contributed by atoms with Crippen LogP contribution in [0.1, 0.15) is 42.1 Å². The topological polar surface area (TPSA) is 65.5 Å². The van der Waals surface area contributed by atoms with Crippen LogP contribution in [0.4, 0.5) is 5.82 Å². The van der Waals surface area contributed by atoms with Crippen LogP contribution in [0, 0.1) is 0 Å². The van der Waals surface area contributed by atoms with Gasteiger partial charge in [0.25, 0.3) is 5.91 Å². The fraction of sp³-hybridized carbons (Fsp3) is 0.400. The van der Waals surface area contributed by atoms with Crippen molar-refractivity contribution in [2.45, 2.75) is 31.8 Å². The van der Waals surface area contributed by atoms with E-state index in [2.05, 4.69) is 15.2 Å². The Morgan fingerprint density at radius 1 is 1.27 bits per heavy atom. The Kier molecular flexibility index (Phi) is 5.79. The third-order valence-corrected chi connectivity index (χ3v) is 5.17. The largest absolute Gasteiger partial charge is 0.385 e. The van der Waals surface area contributed by atoms with Crippen LogP contribution < -0.4 is 10.2 Å². The van der Waals surface area contributed by atoms with Crippen molar-refractivity contribution in [3.05, 3.63) is 58.7 Å². The molecular weight excluding hydrogens is 350 g/mol. The van der Waals surface area contributed by atoms with Crippen LogP contribution in [0.25, 0.3) is 0 Å². The van der Waals surface area contributed by atoms with Crippen LogP contribution in [0.5, 0.6) is 0 Å². The minimum absolute atomic E-state index is 0.0994. The summed E-state index contributed by atoms with van der Waals surface area (Å²) in [4.78, 5) is 18.5. The zero-order chi connectivity index (χ0) is 18.6. The Morgan fingerprint density at radius 3 is 2.62 bits per heavy atom. The normalized spacial score (nSPS) is 16.3. The molecule has 2 aromatic rings. The van der Waals surface area contributed by atoms with Gasteiger partial charge in [0.05, 0.1) is 11.2 Å². The van der Waals surface area contributed by atoms with Crippen molar-refractivity contribution in [1.82, 2.24) is 10.3 Å². The van der Waals surface area contributed by atoms with E-state index in [9.17, 15) is 9.90 Å². The van der Waals surface area contributed by atoms with E-state index in [0.29, 0.717) is 43.1 Å². The van der Waals surface area contributed by atoms with Gasteiger partial charge < -0.3 is 15.3 Å². The second kappa shape index (κ2) is 8.06. The number of piperidine rings is 1. The number of nitrogens with one attached hydrogen (secondary N) is 1. The fourth-order valence-electron chi connectivity index (χ4n) is 3.26. The molecule has 1 aromatic carbocycles. The zero-order valence-corrected chi connectivity index (χ0v) is 15.7. The number of halogens is 1. The van der Waals surface area contributed by atoms with E-state index in [-0.39, 0.29) is 5.91 Å². The molecule has 0 radical (unpaired) electrons. The second-order valence-electron chi connectivity index (χ2n) is 6.66. The quantitative estimate of drug-likeness (QED) is 0.843. The van der Waals surface area contributed by atoms with Gasteiger partial charge in [0.15, 0.2) is 0 Å². The molecule has 1 aliphatic heterocycles. The van der Waals surface area contributed by atoms with Gasteiger partial charge in [-0.05, 0) is 37.5 Å². The monoisotopic (exact) mass is 373 g/mol. The van der Waals surface area contributed by atoms with E-state index in [1.54, 1.807) is 12.3 Å². The van der Waals surface area contributed by atoms with Gasteiger partial charge in [0.2, 0.25) is 0 Å². The summed E-state index contributed by atoms with van der Waals surface area (Å²) in [5.74, 6) is 0.718. The SMILES string of the molecule is CCCNC(=O)c1ccc(N2CCC(O)(c3ccccc3Cl)CC2)nc1. The van der Waals surface area contributed by atoms with Crippen molar-refractivity contribution in [1.29, 1.82) is 0 Å². The van der Waals surface area contributed by atoms with Crippen molar-refractivity contribution < 1.29 is 9.90 Å². The minimum Gasteiger partial charge on any atom is -0.385 e. The summed E-state index contributed by atoms with van der Waals surface area (Å²) in [5, 5.41) is 14.4. The highest BCUT2D eigenvalue weighted by atomic mass is 35.5. The lowest BCUT2D eigenvalue weighted by Gasteiger charge is -2.39. The summed E-state index contributed by atoms with van der Waals surface area (Å²) < 4.78 is 0. The second-order valence-corrected chi connectivity index (χ2v) is 7.07. The standard InChI is InChI=1S/C20H24ClN3O2/c1-2-11-22-19(25)15-7-8-18(23-14-15)24-12-9-20(26,10-13-24)16-5-3-4-6-17(16)21/h3-8,14,26H,2,9-13H2,1H3,(H,22,25). The Labute approximate surface area is 159 Å². The van der Waals surface area contributed by atoms with Gasteiger partial charge in [0, 0.05) is 36.4 Å². The predicted octanol–water partition coefficient (Wildman–Crippen LogP) is 3.36. The molecule has 1 saturated heterocycles. The molecule has 1 fully saturated rings.